The molecule has 1 rings (SSSR count). The Morgan fingerprint density at radius 1 is 1.35 bits per heavy atom. The van der Waals surface area contributed by atoms with Crippen molar-refractivity contribution in [3.63, 3.8) is 0 Å². The van der Waals surface area contributed by atoms with Crippen molar-refractivity contribution >= 4 is 40.9 Å². The zero-order valence-corrected chi connectivity index (χ0v) is 14.2. The lowest BCUT2D eigenvalue weighted by Gasteiger charge is -2.16. The van der Waals surface area contributed by atoms with Crippen molar-refractivity contribution < 1.29 is 4.79 Å². The van der Waals surface area contributed by atoms with Crippen LogP contribution in [0.4, 0.5) is 0 Å². The van der Waals surface area contributed by atoms with E-state index in [1.54, 1.807) is 18.2 Å². The Bertz CT molecular complexity index is 457. The van der Waals surface area contributed by atoms with Crippen LogP contribution in [0, 0.1) is 0 Å². The van der Waals surface area contributed by atoms with E-state index in [2.05, 4.69) is 10.6 Å². The van der Waals surface area contributed by atoms with E-state index in [1.165, 1.54) is 11.8 Å². The third-order valence-corrected chi connectivity index (χ3v) is 4.54. The standard InChI is InChI=1S/C14H20Cl2N2OS/c1-4-17-9(2)8-18-14(19)10(3)20-13-7-11(15)5-6-12(13)16/h5-7,9-10,17H,4,8H2,1-3H3,(H,18,19)/t9-,10?/m1/s1. The molecule has 2 N–H and O–H groups in total. The Labute approximate surface area is 134 Å². The van der Waals surface area contributed by atoms with Crippen LogP contribution in [-0.2, 0) is 4.79 Å². The normalized spacial score (nSPS) is 13.8. The fourth-order valence-electron chi connectivity index (χ4n) is 1.63. The number of amides is 1. The minimum Gasteiger partial charge on any atom is -0.354 e. The van der Waals surface area contributed by atoms with Gasteiger partial charge in [0.15, 0.2) is 0 Å². The molecule has 20 heavy (non-hydrogen) atoms. The maximum atomic E-state index is 12.0. The van der Waals surface area contributed by atoms with Crippen LogP contribution in [0.3, 0.4) is 0 Å². The summed E-state index contributed by atoms with van der Waals surface area (Å²) >= 11 is 13.4. The molecule has 0 saturated heterocycles. The Kier molecular flexibility index (Phi) is 7.74. The Morgan fingerprint density at radius 3 is 2.70 bits per heavy atom. The van der Waals surface area contributed by atoms with Gasteiger partial charge in [-0.2, -0.15) is 0 Å². The molecule has 112 valence electrons. The Balaban J connectivity index is 2.51. The second kappa shape index (κ2) is 8.78. The van der Waals surface area contributed by atoms with Gasteiger partial charge in [0.25, 0.3) is 0 Å². The van der Waals surface area contributed by atoms with Crippen molar-refractivity contribution in [1.29, 1.82) is 0 Å². The topological polar surface area (TPSA) is 41.1 Å². The van der Waals surface area contributed by atoms with E-state index in [0.717, 1.165) is 11.4 Å². The van der Waals surface area contributed by atoms with Crippen LogP contribution >= 0.6 is 35.0 Å². The molecule has 0 bridgehead atoms. The van der Waals surface area contributed by atoms with Gasteiger partial charge in [-0.15, -0.1) is 11.8 Å². The molecular formula is C14H20Cl2N2OS. The van der Waals surface area contributed by atoms with Gasteiger partial charge in [-0.3, -0.25) is 4.79 Å². The first-order chi connectivity index (χ1) is 9.43. The minimum atomic E-state index is -0.222. The largest absolute Gasteiger partial charge is 0.354 e. The number of hydrogen-bond donors (Lipinski definition) is 2. The van der Waals surface area contributed by atoms with Crippen LogP contribution in [0.1, 0.15) is 20.8 Å². The SMILES string of the molecule is CCN[C@H](C)CNC(=O)C(C)Sc1cc(Cl)ccc1Cl. The summed E-state index contributed by atoms with van der Waals surface area (Å²) < 4.78 is 0. The first-order valence-corrected chi connectivity index (χ1v) is 8.20. The number of likely N-dealkylation sites (N-methyl/N-ethyl adjacent to an activating group) is 1. The second-order valence-corrected chi connectivity index (χ2v) is 6.76. The van der Waals surface area contributed by atoms with Crippen LogP contribution in [-0.4, -0.2) is 30.3 Å². The molecule has 1 aromatic rings. The molecule has 0 aliphatic heterocycles. The molecule has 1 unspecified atom stereocenters. The molecule has 0 saturated carbocycles. The van der Waals surface area contributed by atoms with Crippen LogP contribution in [0.15, 0.2) is 23.1 Å². The van der Waals surface area contributed by atoms with Gasteiger partial charge in [0, 0.05) is 22.5 Å². The summed E-state index contributed by atoms with van der Waals surface area (Å²) in [4.78, 5) is 12.8. The summed E-state index contributed by atoms with van der Waals surface area (Å²) in [5.41, 5.74) is 0. The third kappa shape index (κ3) is 5.92. The average Bonchev–Trinajstić information content (AvgIpc) is 2.40. The van der Waals surface area contributed by atoms with Gasteiger partial charge in [-0.25, -0.2) is 0 Å². The molecule has 2 atom stereocenters. The van der Waals surface area contributed by atoms with Gasteiger partial charge in [-0.05, 0) is 38.6 Å². The number of carbonyl (C=O) groups is 1. The van der Waals surface area contributed by atoms with E-state index >= 15 is 0 Å². The van der Waals surface area contributed by atoms with Gasteiger partial charge in [0.2, 0.25) is 5.91 Å². The molecule has 0 aliphatic carbocycles. The number of halogens is 2. The molecule has 0 aromatic heterocycles. The highest BCUT2D eigenvalue weighted by atomic mass is 35.5. The van der Waals surface area contributed by atoms with Crippen molar-refractivity contribution in [3.05, 3.63) is 28.2 Å². The summed E-state index contributed by atoms with van der Waals surface area (Å²) in [6, 6.07) is 5.51. The summed E-state index contributed by atoms with van der Waals surface area (Å²) in [6.07, 6.45) is 0. The van der Waals surface area contributed by atoms with Gasteiger partial charge < -0.3 is 10.6 Å². The number of thioether (sulfide) groups is 1. The van der Waals surface area contributed by atoms with Gasteiger partial charge in [-0.1, -0.05) is 30.1 Å². The summed E-state index contributed by atoms with van der Waals surface area (Å²) in [5, 5.41) is 7.17. The van der Waals surface area contributed by atoms with E-state index in [9.17, 15) is 4.79 Å². The number of carbonyl (C=O) groups excluding carboxylic acids is 1. The molecular weight excluding hydrogens is 315 g/mol. The molecule has 0 aliphatic rings. The molecule has 0 fully saturated rings. The molecule has 0 heterocycles. The minimum absolute atomic E-state index is 0.00389. The van der Waals surface area contributed by atoms with Gasteiger partial charge in [0.05, 0.1) is 10.3 Å². The Morgan fingerprint density at radius 2 is 2.05 bits per heavy atom. The molecule has 6 heteroatoms. The van der Waals surface area contributed by atoms with E-state index < -0.39 is 0 Å². The third-order valence-electron chi connectivity index (χ3n) is 2.70. The number of nitrogens with one attached hydrogen (secondary N) is 2. The molecule has 1 aromatic carbocycles. The zero-order valence-electron chi connectivity index (χ0n) is 11.9. The number of hydrogen-bond acceptors (Lipinski definition) is 3. The van der Waals surface area contributed by atoms with E-state index in [0.29, 0.717) is 16.6 Å². The van der Waals surface area contributed by atoms with Crippen LogP contribution in [0.25, 0.3) is 0 Å². The predicted octanol–water partition coefficient (Wildman–Crippen LogP) is 3.59. The summed E-state index contributed by atoms with van der Waals surface area (Å²) in [5.74, 6) is -0.00389. The lowest BCUT2D eigenvalue weighted by atomic mass is 10.3. The van der Waals surface area contributed by atoms with Crippen LogP contribution in [0.5, 0.6) is 0 Å². The fourth-order valence-corrected chi connectivity index (χ4v) is 3.06. The highest BCUT2D eigenvalue weighted by Gasteiger charge is 2.16. The van der Waals surface area contributed by atoms with Crippen molar-refractivity contribution in [2.45, 2.75) is 37.0 Å². The zero-order chi connectivity index (χ0) is 15.1. The molecule has 0 spiro atoms. The first-order valence-electron chi connectivity index (χ1n) is 6.56. The number of benzene rings is 1. The summed E-state index contributed by atoms with van der Waals surface area (Å²) in [6.45, 7) is 7.43. The van der Waals surface area contributed by atoms with Crippen molar-refractivity contribution in [2.75, 3.05) is 13.1 Å². The van der Waals surface area contributed by atoms with E-state index in [-0.39, 0.29) is 17.2 Å². The fraction of sp³-hybridized carbons (Fsp3) is 0.500. The smallest absolute Gasteiger partial charge is 0.233 e. The highest BCUT2D eigenvalue weighted by molar-refractivity contribution is 8.00. The second-order valence-electron chi connectivity index (χ2n) is 4.54. The average molecular weight is 335 g/mol. The predicted molar refractivity (Wildman–Crippen MR) is 87.9 cm³/mol. The van der Waals surface area contributed by atoms with Crippen LogP contribution < -0.4 is 10.6 Å². The highest BCUT2D eigenvalue weighted by Crippen LogP contribution is 2.32. The Hall–Kier alpha value is -0.420. The summed E-state index contributed by atoms with van der Waals surface area (Å²) in [7, 11) is 0. The van der Waals surface area contributed by atoms with E-state index in [1.807, 2.05) is 20.8 Å². The first kappa shape index (κ1) is 17.6. The molecule has 1 amide bonds. The number of rotatable bonds is 7. The molecule has 0 radical (unpaired) electrons. The van der Waals surface area contributed by atoms with Crippen LogP contribution in [0.2, 0.25) is 10.0 Å². The van der Waals surface area contributed by atoms with Crippen molar-refractivity contribution in [2.24, 2.45) is 0 Å². The lowest BCUT2D eigenvalue weighted by Crippen LogP contribution is -2.41. The molecule has 3 nitrogen and oxygen atoms in total. The van der Waals surface area contributed by atoms with Gasteiger partial charge in [0.1, 0.15) is 0 Å². The maximum absolute atomic E-state index is 12.0. The lowest BCUT2D eigenvalue weighted by molar-refractivity contribution is -0.120. The monoisotopic (exact) mass is 334 g/mol. The van der Waals surface area contributed by atoms with Crippen molar-refractivity contribution in [1.82, 2.24) is 10.6 Å². The van der Waals surface area contributed by atoms with Crippen molar-refractivity contribution in [3.8, 4) is 0 Å². The maximum Gasteiger partial charge on any atom is 0.233 e. The quantitative estimate of drug-likeness (QED) is 0.748. The van der Waals surface area contributed by atoms with Gasteiger partial charge >= 0.3 is 0 Å². The van der Waals surface area contributed by atoms with E-state index in [4.69, 9.17) is 23.2 Å².